The summed E-state index contributed by atoms with van der Waals surface area (Å²) in [5.74, 6) is 0.0297. The summed E-state index contributed by atoms with van der Waals surface area (Å²) in [7, 11) is -2.87. The first kappa shape index (κ1) is 25.3. The summed E-state index contributed by atoms with van der Waals surface area (Å²) in [5, 5.41) is 6.64. The molecule has 2 aromatic carbocycles. The smallest absolute Gasteiger partial charge is 0.247 e. The number of hydrogen-bond donors (Lipinski definition) is 1. The fourth-order valence-corrected chi connectivity index (χ4v) is 4.75. The van der Waals surface area contributed by atoms with Crippen molar-refractivity contribution in [3.05, 3.63) is 65.6 Å². The standard InChI is InChI=1S/C23H27FN4O5S/c1-5-28(34(30,31)20-13-17(24)8-11-19(20)32-4)14-22(29)25-18-9-6-16(7-10-18)12-21-26-23(15(2)3)33-27-21/h6-11,13,15H,5,12,14H2,1-4H3,(H,25,29). The van der Waals surface area contributed by atoms with Gasteiger partial charge in [0.2, 0.25) is 21.8 Å². The van der Waals surface area contributed by atoms with E-state index in [0.717, 1.165) is 22.0 Å². The Bertz CT molecular complexity index is 1240. The number of benzene rings is 2. The van der Waals surface area contributed by atoms with Crippen molar-refractivity contribution >= 4 is 21.6 Å². The van der Waals surface area contributed by atoms with Gasteiger partial charge in [0.25, 0.3) is 0 Å². The number of hydrogen-bond acceptors (Lipinski definition) is 7. The molecule has 182 valence electrons. The molecule has 1 heterocycles. The van der Waals surface area contributed by atoms with Crippen LogP contribution < -0.4 is 10.1 Å². The number of sulfonamides is 1. The fourth-order valence-electron chi connectivity index (χ4n) is 3.18. The Kier molecular flexibility index (Phi) is 8.00. The van der Waals surface area contributed by atoms with Crippen LogP contribution in [0.3, 0.4) is 0 Å². The van der Waals surface area contributed by atoms with Crippen molar-refractivity contribution < 1.29 is 26.9 Å². The molecule has 9 nitrogen and oxygen atoms in total. The second kappa shape index (κ2) is 10.7. The molecule has 1 amide bonds. The molecule has 34 heavy (non-hydrogen) atoms. The topological polar surface area (TPSA) is 115 Å². The molecule has 0 saturated carbocycles. The van der Waals surface area contributed by atoms with Crippen LogP contribution in [0, 0.1) is 5.82 Å². The normalized spacial score (nSPS) is 11.7. The molecule has 3 aromatic rings. The summed E-state index contributed by atoms with van der Waals surface area (Å²) in [6, 6.07) is 10.2. The maximum absolute atomic E-state index is 13.7. The second-order valence-corrected chi connectivity index (χ2v) is 9.76. The van der Waals surface area contributed by atoms with Gasteiger partial charge < -0.3 is 14.6 Å². The summed E-state index contributed by atoms with van der Waals surface area (Å²) in [5.41, 5.74) is 1.42. The van der Waals surface area contributed by atoms with Gasteiger partial charge in [-0.15, -0.1) is 0 Å². The summed E-state index contributed by atoms with van der Waals surface area (Å²) in [4.78, 5) is 16.6. The van der Waals surface area contributed by atoms with Crippen LogP contribution in [0.4, 0.5) is 10.1 Å². The van der Waals surface area contributed by atoms with Crippen LogP contribution >= 0.6 is 0 Å². The number of aromatic nitrogens is 2. The maximum Gasteiger partial charge on any atom is 0.247 e. The molecule has 0 aliphatic carbocycles. The Morgan fingerprint density at radius 1 is 1.21 bits per heavy atom. The lowest BCUT2D eigenvalue weighted by Gasteiger charge is -2.21. The average Bonchev–Trinajstić information content (AvgIpc) is 3.27. The van der Waals surface area contributed by atoms with E-state index in [1.54, 1.807) is 19.1 Å². The molecule has 1 N–H and O–H groups in total. The summed E-state index contributed by atoms with van der Waals surface area (Å²) >= 11 is 0. The number of halogens is 1. The molecule has 0 saturated heterocycles. The number of carbonyl (C=O) groups is 1. The van der Waals surface area contributed by atoms with Gasteiger partial charge in [0.15, 0.2) is 5.82 Å². The number of anilines is 1. The number of nitrogens with one attached hydrogen (secondary N) is 1. The number of likely N-dealkylation sites (N-methyl/N-ethyl adjacent to an activating group) is 1. The van der Waals surface area contributed by atoms with E-state index in [1.807, 2.05) is 26.0 Å². The van der Waals surface area contributed by atoms with Crippen molar-refractivity contribution in [1.29, 1.82) is 0 Å². The van der Waals surface area contributed by atoms with Crippen molar-refractivity contribution in [3.8, 4) is 5.75 Å². The summed E-state index contributed by atoms with van der Waals surface area (Å²) < 4.78 is 51.0. The van der Waals surface area contributed by atoms with Crippen LogP contribution in [0.5, 0.6) is 5.75 Å². The van der Waals surface area contributed by atoms with E-state index in [2.05, 4.69) is 15.5 Å². The molecule has 0 aliphatic rings. The Morgan fingerprint density at radius 3 is 2.50 bits per heavy atom. The molecule has 0 fully saturated rings. The minimum Gasteiger partial charge on any atom is -0.495 e. The van der Waals surface area contributed by atoms with E-state index in [-0.39, 0.29) is 23.1 Å². The molecule has 0 bridgehead atoms. The Labute approximate surface area is 198 Å². The van der Waals surface area contributed by atoms with Gasteiger partial charge in [0, 0.05) is 24.6 Å². The van der Waals surface area contributed by atoms with E-state index in [9.17, 15) is 17.6 Å². The zero-order valence-corrected chi connectivity index (χ0v) is 20.2. The number of carbonyl (C=O) groups excluding carboxylic acids is 1. The van der Waals surface area contributed by atoms with E-state index in [4.69, 9.17) is 9.26 Å². The third-order valence-electron chi connectivity index (χ3n) is 4.99. The van der Waals surface area contributed by atoms with Gasteiger partial charge >= 0.3 is 0 Å². The van der Waals surface area contributed by atoms with Gasteiger partial charge in [-0.05, 0) is 35.9 Å². The predicted molar refractivity (Wildman–Crippen MR) is 124 cm³/mol. The van der Waals surface area contributed by atoms with Crippen molar-refractivity contribution in [2.75, 3.05) is 25.5 Å². The largest absolute Gasteiger partial charge is 0.495 e. The summed E-state index contributed by atoms with van der Waals surface area (Å²) in [6.45, 7) is 5.09. The Balaban J connectivity index is 1.66. The molecular weight excluding hydrogens is 463 g/mol. The molecule has 3 rings (SSSR count). The zero-order chi connectivity index (χ0) is 24.9. The van der Waals surface area contributed by atoms with Gasteiger partial charge in [0.05, 0.1) is 13.7 Å². The molecule has 0 spiro atoms. The number of amides is 1. The maximum atomic E-state index is 13.7. The van der Waals surface area contributed by atoms with Gasteiger partial charge in [0.1, 0.15) is 16.5 Å². The number of ether oxygens (including phenoxy) is 1. The van der Waals surface area contributed by atoms with Crippen LogP contribution in [0.2, 0.25) is 0 Å². The van der Waals surface area contributed by atoms with E-state index in [1.165, 1.54) is 13.2 Å². The zero-order valence-electron chi connectivity index (χ0n) is 19.4. The molecule has 0 unspecified atom stereocenters. The summed E-state index contributed by atoms with van der Waals surface area (Å²) in [6.07, 6.45) is 0.474. The van der Waals surface area contributed by atoms with Gasteiger partial charge in [-0.25, -0.2) is 12.8 Å². The van der Waals surface area contributed by atoms with E-state index < -0.39 is 28.3 Å². The predicted octanol–water partition coefficient (Wildman–Crippen LogP) is 3.58. The Morgan fingerprint density at radius 2 is 1.91 bits per heavy atom. The van der Waals surface area contributed by atoms with Crippen LogP contribution in [-0.4, -0.2) is 49.0 Å². The van der Waals surface area contributed by atoms with Crippen LogP contribution in [0.25, 0.3) is 0 Å². The van der Waals surface area contributed by atoms with Crippen molar-refractivity contribution in [2.24, 2.45) is 0 Å². The van der Waals surface area contributed by atoms with Crippen molar-refractivity contribution in [3.63, 3.8) is 0 Å². The molecular formula is C23H27FN4O5S. The van der Waals surface area contributed by atoms with Crippen molar-refractivity contribution in [1.82, 2.24) is 14.4 Å². The van der Waals surface area contributed by atoms with Crippen LogP contribution in [-0.2, 0) is 21.2 Å². The molecule has 0 radical (unpaired) electrons. The highest BCUT2D eigenvalue weighted by atomic mass is 32.2. The fraction of sp³-hybridized carbons (Fsp3) is 0.348. The first-order valence-corrected chi connectivity index (χ1v) is 12.1. The van der Waals surface area contributed by atoms with Crippen LogP contribution in [0.15, 0.2) is 51.9 Å². The lowest BCUT2D eigenvalue weighted by molar-refractivity contribution is -0.116. The lowest BCUT2D eigenvalue weighted by atomic mass is 10.1. The third-order valence-corrected chi connectivity index (χ3v) is 6.94. The minimum atomic E-state index is -4.16. The molecule has 11 heteroatoms. The van der Waals surface area contributed by atoms with Crippen molar-refractivity contribution in [2.45, 2.75) is 38.0 Å². The number of rotatable bonds is 10. The quantitative estimate of drug-likeness (QED) is 0.462. The van der Waals surface area contributed by atoms with Gasteiger partial charge in [-0.3, -0.25) is 4.79 Å². The number of methoxy groups -OCH3 is 1. The average molecular weight is 491 g/mol. The van der Waals surface area contributed by atoms with E-state index in [0.29, 0.717) is 23.8 Å². The highest BCUT2D eigenvalue weighted by molar-refractivity contribution is 7.89. The highest BCUT2D eigenvalue weighted by Crippen LogP contribution is 2.27. The first-order chi connectivity index (χ1) is 16.1. The molecule has 0 aliphatic heterocycles. The van der Waals surface area contributed by atoms with E-state index >= 15 is 0 Å². The van der Waals surface area contributed by atoms with Gasteiger partial charge in [-0.1, -0.05) is 38.1 Å². The first-order valence-electron chi connectivity index (χ1n) is 10.7. The third kappa shape index (κ3) is 5.97. The van der Waals surface area contributed by atoms with Crippen LogP contribution in [0.1, 0.15) is 44.0 Å². The molecule has 0 atom stereocenters. The molecule has 1 aromatic heterocycles. The lowest BCUT2D eigenvalue weighted by Crippen LogP contribution is -2.38. The highest BCUT2D eigenvalue weighted by Gasteiger charge is 2.29. The minimum absolute atomic E-state index is 0.00189. The SMILES string of the molecule is CCN(CC(=O)Nc1ccc(Cc2noc(C(C)C)n2)cc1)S(=O)(=O)c1cc(F)ccc1OC. The van der Waals surface area contributed by atoms with Gasteiger partial charge in [-0.2, -0.15) is 9.29 Å². The number of nitrogens with zero attached hydrogens (tertiary/aromatic N) is 3. The second-order valence-electron chi connectivity index (χ2n) is 7.85. The Hall–Kier alpha value is -3.31. The monoisotopic (exact) mass is 490 g/mol.